The summed E-state index contributed by atoms with van der Waals surface area (Å²) in [5, 5.41) is 6.29. The Morgan fingerprint density at radius 2 is 1.77 bits per heavy atom. The largest absolute Gasteiger partial charge is 0.348 e. The van der Waals surface area contributed by atoms with Crippen LogP contribution in [0.5, 0.6) is 0 Å². The fraction of sp³-hybridized carbons (Fsp3) is 0.348. The molecule has 0 spiro atoms. The highest BCUT2D eigenvalue weighted by molar-refractivity contribution is 6.30. The molecular weight excluding hydrogens is 402 g/mol. The number of hydrogen-bond donors (Lipinski definition) is 2. The standard InChI is InChI=1S/C23H26ClN3O3/c1-3-8-19(16-9-6-5-7-10-16)25-20(28)15-27-21(29)23(4-2,26-22(27)30)17-11-13-18(24)14-12-17/h5-7,9-14,19H,3-4,8,15H2,1-2H3,(H,25,28)(H,26,30). The van der Waals surface area contributed by atoms with Crippen LogP contribution in [0.4, 0.5) is 4.79 Å². The molecule has 1 saturated heterocycles. The van der Waals surface area contributed by atoms with Gasteiger partial charge in [-0.3, -0.25) is 14.5 Å². The number of nitrogens with one attached hydrogen (secondary N) is 2. The van der Waals surface area contributed by atoms with E-state index in [1.165, 1.54) is 0 Å². The Kier molecular flexibility index (Phi) is 6.77. The first-order valence-corrected chi connectivity index (χ1v) is 10.5. The summed E-state index contributed by atoms with van der Waals surface area (Å²) in [7, 11) is 0. The van der Waals surface area contributed by atoms with Crippen molar-refractivity contribution in [3.63, 3.8) is 0 Å². The molecule has 2 unspecified atom stereocenters. The SMILES string of the molecule is CCCC(NC(=O)CN1C(=O)NC(CC)(c2ccc(Cl)cc2)C1=O)c1ccccc1. The summed E-state index contributed by atoms with van der Waals surface area (Å²) in [6.07, 6.45) is 2.01. The van der Waals surface area contributed by atoms with Crippen molar-refractivity contribution in [2.24, 2.45) is 0 Å². The van der Waals surface area contributed by atoms with Crippen molar-refractivity contribution in [2.75, 3.05) is 6.54 Å². The molecule has 6 nitrogen and oxygen atoms in total. The van der Waals surface area contributed by atoms with E-state index >= 15 is 0 Å². The number of benzene rings is 2. The van der Waals surface area contributed by atoms with Crippen molar-refractivity contribution in [1.29, 1.82) is 0 Å². The van der Waals surface area contributed by atoms with E-state index in [1.807, 2.05) is 44.2 Å². The second-order valence-corrected chi connectivity index (χ2v) is 7.84. The van der Waals surface area contributed by atoms with Crippen LogP contribution in [0, 0.1) is 0 Å². The predicted molar refractivity (Wildman–Crippen MR) is 116 cm³/mol. The molecule has 4 amide bonds. The molecule has 0 aliphatic carbocycles. The van der Waals surface area contributed by atoms with Gasteiger partial charge in [-0.25, -0.2) is 4.79 Å². The van der Waals surface area contributed by atoms with Crippen LogP contribution in [-0.4, -0.2) is 29.3 Å². The highest BCUT2D eigenvalue weighted by atomic mass is 35.5. The fourth-order valence-corrected chi connectivity index (χ4v) is 3.95. The van der Waals surface area contributed by atoms with E-state index in [4.69, 9.17) is 11.6 Å². The lowest BCUT2D eigenvalue weighted by molar-refractivity contribution is -0.135. The number of halogens is 1. The molecule has 0 bridgehead atoms. The summed E-state index contributed by atoms with van der Waals surface area (Å²) in [4.78, 5) is 39.5. The second kappa shape index (κ2) is 9.30. The lowest BCUT2D eigenvalue weighted by atomic mass is 9.87. The molecule has 30 heavy (non-hydrogen) atoms. The summed E-state index contributed by atoms with van der Waals surface area (Å²) in [5.74, 6) is -0.803. The third-order valence-electron chi connectivity index (χ3n) is 5.46. The van der Waals surface area contributed by atoms with E-state index < -0.39 is 17.5 Å². The topological polar surface area (TPSA) is 78.5 Å². The Bertz CT molecular complexity index is 917. The zero-order valence-corrected chi connectivity index (χ0v) is 17.9. The smallest absolute Gasteiger partial charge is 0.325 e. The van der Waals surface area contributed by atoms with Crippen LogP contribution in [0.2, 0.25) is 5.02 Å². The van der Waals surface area contributed by atoms with Crippen molar-refractivity contribution < 1.29 is 14.4 Å². The molecule has 0 saturated carbocycles. The van der Waals surface area contributed by atoms with E-state index in [0.717, 1.165) is 23.3 Å². The van der Waals surface area contributed by atoms with Crippen LogP contribution < -0.4 is 10.6 Å². The molecular formula is C23H26ClN3O3. The Morgan fingerprint density at radius 3 is 2.37 bits per heavy atom. The molecule has 1 aliphatic heterocycles. The van der Waals surface area contributed by atoms with Gasteiger partial charge < -0.3 is 10.6 Å². The van der Waals surface area contributed by atoms with Gasteiger partial charge in [0.15, 0.2) is 0 Å². The van der Waals surface area contributed by atoms with Crippen LogP contribution in [0.1, 0.15) is 50.3 Å². The van der Waals surface area contributed by atoms with Gasteiger partial charge in [-0.2, -0.15) is 0 Å². The lowest BCUT2D eigenvalue weighted by Crippen LogP contribution is -2.45. The average Bonchev–Trinajstić information content (AvgIpc) is 2.99. The van der Waals surface area contributed by atoms with Gasteiger partial charge in [0.1, 0.15) is 12.1 Å². The minimum atomic E-state index is -1.19. The maximum atomic E-state index is 13.2. The summed E-state index contributed by atoms with van der Waals surface area (Å²) in [6, 6.07) is 15.7. The Labute approximate surface area is 181 Å². The highest BCUT2D eigenvalue weighted by Gasteiger charge is 2.51. The second-order valence-electron chi connectivity index (χ2n) is 7.41. The van der Waals surface area contributed by atoms with Gasteiger partial charge in [-0.05, 0) is 36.1 Å². The van der Waals surface area contributed by atoms with Crippen LogP contribution in [0.25, 0.3) is 0 Å². The van der Waals surface area contributed by atoms with Gasteiger partial charge in [-0.1, -0.05) is 74.3 Å². The predicted octanol–water partition coefficient (Wildman–Crippen LogP) is 4.15. The Hall–Kier alpha value is -2.86. The molecule has 0 aromatic heterocycles. The monoisotopic (exact) mass is 427 g/mol. The summed E-state index contributed by atoms with van der Waals surface area (Å²) in [6.45, 7) is 3.54. The first-order chi connectivity index (χ1) is 14.4. The van der Waals surface area contributed by atoms with E-state index in [2.05, 4.69) is 10.6 Å². The maximum absolute atomic E-state index is 13.2. The molecule has 1 fully saturated rings. The van der Waals surface area contributed by atoms with E-state index in [1.54, 1.807) is 24.3 Å². The summed E-state index contributed by atoms with van der Waals surface area (Å²) >= 11 is 5.96. The van der Waals surface area contributed by atoms with Crippen LogP contribution in [0.3, 0.4) is 0 Å². The quantitative estimate of drug-likeness (QED) is 0.621. The zero-order chi connectivity index (χ0) is 21.7. The third kappa shape index (κ3) is 4.33. The van der Waals surface area contributed by atoms with Crippen molar-refractivity contribution >= 4 is 29.4 Å². The molecule has 2 aromatic carbocycles. The fourth-order valence-electron chi connectivity index (χ4n) is 3.82. The van der Waals surface area contributed by atoms with E-state index in [0.29, 0.717) is 17.0 Å². The van der Waals surface area contributed by atoms with Crippen molar-refractivity contribution in [2.45, 2.75) is 44.7 Å². The Morgan fingerprint density at radius 1 is 1.10 bits per heavy atom. The minimum Gasteiger partial charge on any atom is -0.348 e. The molecule has 1 heterocycles. The van der Waals surface area contributed by atoms with Gasteiger partial charge in [0, 0.05) is 5.02 Å². The van der Waals surface area contributed by atoms with Crippen molar-refractivity contribution in [3.8, 4) is 0 Å². The van der Waals surface area contributed by atoms with Crippen LogP contribution in [-0.2, 0) is 15.1 Å². The number of nitrogens with zero attached hydrogens (tertiary/aromatic N) is 1. The molecule has 2 aromatic rings. The minimum absolute atomic E-state index is 0.170. The maximum Gasteiger partial charge on any atom is 0.325 e. The third-order valence-corrected chi connectivity index (χ3v) is 5.71. The number of carbonyl (C=O) groups is 3. The number of imide groups is 1. The normalized spacial score (nSPS) is 19.5. The molecule has 2 atom stereocenters. The highest BCUT2D eigenvalue weighted by Crippen LogP contribution is 2.33. The summed E-state index contributed by atoms with van der Waals surface area (Å²) in [5.41, 5.74) is 0.447. The number of amides is 4. The summed E-state index contributed by atoms with van der Waals surface area (Å²) < 4.78 is 0. The van der Waals surface area contributed by atoms with Gasteiger partial charge >= 0.3 is 6.03 Å². The molecule has 0 radical (unpaired) electrons. The van der Waals surface area contributed by atoms with Gasteiger partial charge in [0.05, 0.1) is 6.04 Å². The average molecular weight is 428 g/mol. The molecule has 7 heteroatoms. The van der Waals surface area contributed by atoms with Gasteiger partial charge in [0.25, 0.3) is 5.91 Å². The van der Waals surface area contributed by atoms with Crippen LogP contribution >= 0.6 is 11.6 Å². The lowest BCUT2D eigenvalue weighted by Gasteiger charge is -2.26. The van der Waals surface area contributed by atoms with Gasteiger partial charge in [-0.15, -0.1) is 0 Å². The number of carbonyl (C=O) groups excluding carboxylic acids is 3. The first kappa shape index (κ1) is 21.8. The van der Waals surface area contributed by atoms with Gasteiger partial charge in [0.2, 0.25) is 5.91 Å². The zero-order valence-electron chi connectivity index (χ0n) is 17.2. The molecule has 1 aliphatic rings. The number of rotatable bonds is 8. The van der Waals surface area contributed by atoms with E-state index in [9.17, 15) is 14.4 Å². The molecule has 2 N–H and O–H groups in total. The van der Waals surface area contributed by atoms with Crippen LogP contribution in [0.15, 0.2) is 54.6 Å². The van der Waals surface area contributed by atoms with Crippen molar-refractivity contribution in [1.82, 2.24) is 15.5 Å². The first-order valence-electron chi connectivity index (χ1n) is 10.2. The number of urea groups is 1. The molecule has 158 valence electrons. The molecule has 3 rings (SSSR count). The van der Waals surface area contributed by atoms with E-state index in [-0.39, 0.29) is 18.5 Å². The Balaban J connectivity index is 1.76. The number of hydrogen-bond acceptors (Lipinski definition) is 3. The van der Waals surface area contributed by atoms with Crippen molar-refractivity contribution in [3.05, 3.63) is 70.7 Å².